The van der Waals surface area contributed by atoms with Crippen LogP contribution >= 0.6 is 11.3 Å². The van der Waals surface area contributed by atoms with E-state index in [1.165, 1.54) is 4.88 Å². The van der Waals surface area contributed by atoms with Crippen LogP contribution < -0.4 is 10.6 Å². The lowest BCUT2D eigenvalue weighted by Gasteiger charge is -2.34. The first-order valence-corrected chi connectivity index (χ1v) is 6.96. The monoisotopic (exact) mass is 252 g/mol. The van der Waals surface area contributed by atoms with Gasteiger partial charge in [0.1, 0.15) is 0 Å². The molecule has 1 aliphatic rings. The highest BCUT2D eigenvalue weighted by atomic mass is 32.1. The van der Waals surface area contributed by atoms with Gasteiger partial charge in [-0.1, -0.05) is 6.92 Å². The Hall–Kier alpha value is -0.870. The minimum Gasteiger partial charge on any atom is -0.351 e. The molecule has 1 amide bonds. The molecular formula is C13H20N2OS. The van der Waals surface area contributed by atoms with E-state index in [1.54, 1.807) is 11.3 Å². The highest BCUT2D eigenvalue weighted by Gasteiger charge is 2.27. The van der Waals surface area contributed by atoms with Crippen LogP contribution in [0.1, 0.15) is 34.3 Å². The highest BCUT2D eigenvalue weighted by molar-refractivity contribution is 7.13. The maximum absolute atomic E-state index is 11.9. The largest absolute Gasteiger partial charge is 0.351 e. The Bertz CT molecular complexity index is 394. The topological polar surface area (TPSA) is 41.1 Å². The predicted molar refractivity (Wildman–Crippen MR) is 71.6 cm³/mol. The summed E-state index contributed by atoms with van der Waals surface area (Å²) in [6.45, 7) is 7.18. The standard InChI is InChI=1S/C13H20N2OS/c1-10-3-4-11(17-10)12(16)15-9-13(2)5-7-14-8-6-13/h3-4,14H,5-9H2,1-2H3,(H,15,16). The van der Waals surface area contributed by atoms with E-state index in [2.05, 4.69) is 17.6 Å². The number of hydrogen-bond donors (Lipinski definition) is 2. The molecule has 17 heavy (non-hydrogen) atoms. The summed E-state index contributed by atoms with van der Waals surface area (Å²) >= 11 is 1.56. The van der Waals surface area contributed by atoms with Gasteiger partial charge in [-0.15, -0.1) is 11.3 Å². The fourth-order valence-corrected chi connectivity index (χ4v) is 2.93. The number of nitrogens with one attached hydrogen (secondary N) is 2. The number of aryl methyl sites for hydroxylation is 1. The Balaban J connectivity index is 1.87. The van der Waals surface area contributed by atoms with Crippen LogP contribution in [0.25, 0.3) is 0 Å². The second-order valence-electron chi connectivity index (χ2n) is 5.15. The van der Waals surface area contributed by atoms with Crippen molar-refractivity contribution < 1.29 is 4.79 Å². The van der Waals surface area contributed by atoms with Gasteiger partial charge in [0.2, 0.25) is 0 Å². The average molecular weight is 252 g/mol. The summed E-state index contributed by atoms with van der Waals surface area (Å²) in [6.07, 6.45) is 2.27. The van der Waals surface area contributed by atoms with Crippen LogP contribution in [0.4, 0.5) is 0 Å². The summed E-state index contributed by atoms with van der Waals surface area (Å²) in [5, 5.41) is 6.42. The normalized spacial score (nSPS) is 18.9. The van der Waals surface area contributed by atoms with Crippen LogP contribution in [0.5, 0.6) is 0 Å². The fraction of sp³-hybridized carbons (Fsp3) is 0.615. The lowest BCUT2D eigenvalue weighted by molar-refractivity contribution is 0.0926. The van der Waals surface area contributed by atoms with Crippen LogP contribution in [-0.4, -0.2) is 25.5 Å². The smallest absolute Gasteiger partial charge is 0.261 e. The van der Waals surface area contributed by atoms with Crippen molar-refractivity contribution in [3.05, 3.63) is 21.9 Å². The van der Waals surface area contributed by atoms with Gasteiger partial charge in [-0.2, -0.15) is 0 Å². The molecule has 0 atom stereocenters. The number of piperidine rings is 1. The van der Waals surface area contributed by atoms with Gasteiger partial charge in [0.05, 0.1) is 4.88 Å². The van der Waals surface area contributed by atoms with E-state index in [1.807, 2.05) is 19.1 Å². The van der Waals surface area contributed by atoms with Crippen molar-refractivity contribution in [3.63, 3.8) is 0 Å². The molecule has 0 aromatic carbocycles. The van der Waals surface area contributed by atoms with Gasteiger partial charge in [0.15, 0.2) is 0 Å². The molecular weight excluding hydrogens is 232 g/mol. The lowest BCUT2D eigenvalue weighted by atomic mass is 9.81. The van der Waals surface area contributed by atoms with Crippen molar-refractivity contribution >= 4 is 17.2 Å². The summed E-state index contributed by atoms with van der Waals surface area (Å²) in [4.78, 5) is 13.9. The van der Waals surface area contributed by atoms with Crippen LogP contribution in [0, 0.1) is 12.3 Å². The van der Waals surface area contributed by atoms with Crippen LogP contribution in [0.15, 0.2) is 12.1 Å². The molecule has 94 valence electrons. The quantitative estimate of drug-likeness (QED) is 0.865. The van der Waals surface area contributed by atoms with Gasteiger partial charge in [0, 0.05) is 11.4 Å². The zero-order valence-electron chi connectivity index (χ0n) is 10.5. The SMILES string of the molecule is Cc1ccc(C(=O)NCC2(C)CCNCC2)s1. The molecule has 0 aliphatic carbocycles. The first-order chi connectivity index (χ1) is 8.09. The van der Waals surface area contributed by atoms with Crippen molar-refractivity contribution in [2.75, 3.05) is 19.6 Å². The molecule has 1 saturated heterocycles. The molecule has 3 nitrogen and oxygen atoms in total. The third-order valence-corrected chi connectivity index (χ3v) is 4.45. The number of carbonyl (C=O) groups is 1. The Kier molecular flexibility index (Phi) is 3.84. The Morgan fingerprint density at radius 2 is 2.18 bits per heavy atom. The number of amides is 1. The first-order valence-electron chi connectivity index (χ1n) is 6.14. The van der Waals surface area contributed by atoms with Crippen LogP contribution in [0.3, 0.4) is 0 Å². The second-order valence-corrected chi connectivity index (χ2v) is 6.44. The molecule has 1 aliphatic heterocycles. The fourth-order valence-electron chi connectivity index (χ4n) is 2.14. The molecule has 4 heteroatoms. The van der Waals surface area contributed by atoms with E-state index in [0.717, 1.165) is 37.4 Å². The zero-order valence-corrected chi connectivity index (χ0v) is 11.3. The minimum absolute atomic E-state index is 0.0721. The van der Waals surface area contributed by atoms with Crippen LogP contribution in [-0.2, 0) is 0 Å². The maximum atomic E-state index is 11.9. The summed E-state index contributed by atoms with van der Waals surface area (Å²) in [5.74, 6) is 0.0721. The average Bonchev–Trinajstić information content (AvgIpc) is 2.74. The van der Waals surface area contributed by atoms with E-state index >= 15 is 0 Å². The molecule has 2 rings (SSSR count). The third kappa shape index (κ3) is 3.30. The van der Waals surface area contributed by atoms with Crippen molar-refractivity contribution in [2.45, 2.75) is 26.7 Å². The molecule has 2 N–H and O–H groups in total. The molecule has 1 fully saturated rings. The van der Waals surface area contributed by atoms with Crippen LogP contribution in [0.2, 0.25) is 0 Å². The molecule has 2 heterocycles. The van der Waals surface area contributed by atoms with E-state index in [0.29, 0.717) is 0 Å². The van der Waals surface area contributed by atoms with Gasteiger partial charge in [-0.05, 0) is 50.4 Å². The van der Waals surface area contributed by atoms with Crippen molar-refractivity contribution in [3.8, 4) is 0 Å². The molecule has 0 radical (unpaired) electrons. The van der Waals surface area contributed by atoms with E-state index in [9.17, 15) is 4.79 Å². The Morgan fingerprint density at radius 1 is 1.47 bits per heavy atom. The van der Waals surface area contributed by atoms with Gasteiger partial charge >= 0.3 is 0 Å². The summed E-state index contributed by atoms with van der Waals surface area (Å²) in [7, 11) is 0. The summed E-state index contributed by atoms with van der Waals surface area (Å²) in [6, 6.07) is 3.89. The van der Waals surface area contributed by atoms with Gasteiger partial charge < -0.3 is 10.6 Å². The van der Waals surface area contributed by atoms with Crippen molar-refractivity contribution in [1.82, 2.24) is 10.6 Å². The van der Waals surface area contributed by atoms with Crippen molar-refractivity contribution in [2.24, 2.45) is 5.41 Å². The van der Waals surface area contributed by atoms with Crippen molar-refractivity contribution in [1.29, 1.82) is 0 Å². The second kappa shape index (κ2) is 5.19. The number of carbonyl (C=O) groups excluding carboxylic acids is 1. The number of hydrogen-bond acceptors (Lipinski definition) is 3. The lowest BCUT2D eigenvalue weighted by Crippen LogP contribution is -2.42. The first kappa shape index (κ1) is 12.6. The molecule has 0 spiro atoms. The minimum atomic E-state index is 0.0721. The predicted octanol–water partition coefficient (Wildman–Crippen LogP) is 2.18. The number of rotatable bonds is 3. The zero-order chi connectivity index (χ0) is 12.3. The maximum Gasteiger partial charge on any atom is 0.261 e. The molecule has 0 bridgehead atoms. The number of thiophene rings is 1. The van der Waals surface area contributed by atoms with E-state index < -0.39 is 0 Å². The molecule has 1 aromatic rings. The highest BCUT2D eigenvalue weighted by Crippen LogP contribution is 2.27. The van der Waals surface area contributed by atoms with Gasteiger partial charge in [-0.25, -0.2) is 0 Å². The molecule has 0 unspecified atom stereocenters. The van der Waals surface area contributed by atoms with E-state index in [4.69, 9.17) is 0 Å². The Labute approximate surface area is 107 Å². The summed E-state index contributed by atoms with van der Waals surface area (Å²) < 4.78 is 0. The molecule has 1 aromatic heterocycles. The summed E-state index contributed by atoms with van der Waals surface area (Å²) in [5.41, 5.74) is 0.257. The Morgan fingerprint density at radius 3 is 2.76 bits per heavy atom. The third-order valence-electron chi connectivity index (χ3n) is 3.45. The van der Waals surface area contributed by atoms with Gasteiger partial charge in [0.25, 0.3) is 5.91 Å². The molecule has 0 saturated carbocycles. The van der Waals surface area contributed by atoms with Gasteiger partial charge in [-0.3, -0.25) is 4.79 Å². The van der Waals surface area contributed by atoms with E-state index in [-0.39, 0.29) is 11.3 Å².